The highest BCUT2D eigenvalue weighted by Crippen LogP contribution is 2.30. The van der Waals surface area contributed by atoms with E-state index in [9.17, 15) is 4.79 Å². The van der Waals surface area contributed by atoms with Crippen LogP contribution in [-0.2, 0) is 11.2 Å². The summed E-state index contributed by atoms with van der Waals surface area (Å²) < 4.78 is 11.1. The average molecular weight is 355 g/mol. The zero-order valence-electron chi connectivity index (χ0n) is 15.4. The van der Waals surface area contributed by atoms with Gasteiger partial charge in [0.15, 0.2) is 0 Å². The summed E-state index contributed by atoms with van der Waals surface area (Å²) in [5.41, 5.74) is 2.66. The molecule has 26 heavy (non-hydrogen) atoms. The number of amides is 1. The molecule has 0 bridgehead atoms. The molecule has 138 valence electrons. The standard InChI is InChI=1S/C20H25N3O3/c1-3-17-19(14(2)26-21-17)20(24)22-9-10-23-16(11-22)12-25-13-18(23)15-7-5-4-6-8-15/h4-8,16,18H,3,9-13H2,1-2H3/t16-,18-/m1/s1. The van der Waals surface area contributed by atoms with Crippen molar-refractivity contribution >= 4 is 5.91 Å². The summed E-state index contributed by atoms with van der Waals surface area (Å²) in [5.74, 6) is 0.637. The number of benzene rings is 1. The first kappa shape index (κ1) is 17.2. The lowest BCUT2D eigenvalue weighted by Gasteiger charge is -2.48. The minimum absolute atomic E-state index is 0.0297. The maximum absolute atomic E-state index is 13.1. The highest BCUT2D eigenvalue weighted by Gasteiger charge is 2.38. The molecule has 3 heterocycles. The van der Waals surface area contributed by atoms with E-state index in [0.717, 1.165) is 12.2 Å². The Kier molecular flexibility index (Phi) is 4.78. The molecule has 0 unspecified atom stereocenters. The van der Waals surface area contributed by atoms with Crippen LogP contribution < -0.4 is 0 Å². The number of piperazine rings is 1. The molecular formula is C20H25N3O3. The van der Waals surface area contributed by atoms with Gasteiger partial charge in [0.1, 0.15) is 11.3 Å². The van der Waals surface area contributed by atoms with Gasteiger partial charge >= 0.3 is 0 Å². The predicted molar refractivity (Wildman–Crippen MR) is 97.0 cm³/mol. The Morgan fingerprint density at radius 2 is 2.04 bits per heavy atom. The molecule has 2 aromatic rings. The van der Waals surface area contributed by atoms with Crippen molar-refractivity contribution in [3.63, 3.8) is 0 Å². The average Bonchev–Trinajstić information content (AvgIpc) is 3.07. The van der Waals surface area contributed by atoms with E-state index in [-0.39, 0.29) is 18.0 Å². The van der Waals surface area contributed by atoms with Gasteiger partial charge in [0, 0.05) is 19.6 Å². The first-order valence-electron chi connectivity index (χ1n) is 9.32. The topological polar surface area (TPSA) is 58.8 Å². The molecule has 1 aromatic heterocycles. The summed E-state index contributed by atoms with van der Waals surface area (Å²) in [7, 11) is 0. The fraction of sp³-hybridized carbons (Fsp3) is 0.500. The number of carbonyl (C=O) groups excluding carboxylic acids is 1. The fourth-order valence-electron chi connectivity index (χ4n) is 4.08. The Morgan fingerprint density at radius 3 is 2.81 bits per heavy atom. The van der Waals surface area contributed by atoms with Crippen LogP contribution in [0.25, 0.3) is 0 Å². The van der Waals surface area contributed by atoms with Gasteiger partial charge < -0.3 is 14.2 Å². The minimum Gasteiger partial charge on any atom is -0.378 e. The lowest BCUT2D eigenvalue weighted by atomic mass is 9.99. The zero-order valence-corrected chi connectivity index (χ0v) is 15.4. The third-order valence-electron chi connectivity index (χ3n) is 5.47. The first-order valence-corrected chi connectivity index (χ1v) is 9.32. The molecule has 0 saturated carbocycles. The van der Waals surface area contributed by atoms with Crippen molar-refractivity contribution in [2.24, 2.45) is 0 Å². The van der Waals surface area contributed by atoms with Gasteiger partial charge in [0.25, 0.3) is 5.91 Å². The number of rotatable bonds is 3. The summed E-state index contributed by atoms with van der Waals surface area (Å²) in [6, 6.07) is 11.0. The SMILES string of the molecule is CCc1noc(C)c1C(=O)N1CCN2[C@@H](COC[C@@H]2c2ccccc2)C1. The fourth-order valence-corrected chi connectivity index (χ4v) is 4.08. The molecule has 2 aliphatic rings. The second-order valence-electron chi connectivity index (χ2n) is 7.02. The van der Waals surface area contributed by atoms with Crippen molar-refractivity contribution in [2.45, 2.75) is 32.4 Å². The lowest BCUT2D eigenvalue weighted by Crippen LogP contribution is -2.60. The largest absolute Gasteiger partial charge is 0.378 e. The van der Waals surface area contributed by atoms with Crippen LogP contribution in [0.5, 0.6) is 0 Å². The number of aryl methyl sites for hydroxylation is 2. The van der Waals surface area contributed by atoms with Gasteiger partial charge in [-0.15, -0.1) is 0 Å². The summed E-state index contributed by atoms with van der Waals surface area (Å²) in [5, 5.41) is 4.03. The number of morpholine rings is 1. The molecule has 2 aliphatic heterocycles. The summed E-state index contributed by atoms with van der Waals surface area (Å²) in [6.45, 7) is 7.42. The number of nitrogens with zero attached hydrogens (tertiary/aromatic N) is 3. The lowest BCUT2D eigenvalue weighted by molar-refractivity contribution is -0.0770. The van der Waals surface area contributed by atoms with E-state index in [2.05, 4.69) is 34.3 Å². The van der Waals surface area contributed by atoms with Crippen LogP contribution in [0.4, 0.5) is 0 Å². The molecule has 6 nitrogen and oxygen atoms in total. The monoisotopic (exact) mass is 355 g/mol. The predicted octanol–water partition coefficient (Wildman–Crippen LogP) is 2.44. The summed E-state index contributed by atoms with van der Waals surface area (Å²) in [4.78, 5) is 17.5. The van der Waals surface area contributed by atoms with Gasteiger partial charge in [0.2, 0.25) is 0 Å². The van der Waals surface area contributed by atoms with E-state index in [4.69, 9.17) is 9.26 Å². The number of aromatic nitrogens is 1. The van der Waals surface area contributed by atoms with Crippen LogP contribution in [0.1, 0.15) is 40.3 Å². The van der Waals surface area contributed by atoms with Crippen molar-refractivity contribution < 1.29 is 14.1 Å². The first-order chi connectivity index (χ1) is 12.7. The van der Waals surface area contributed by atoms with Gasteiger partial charge in [0.05, 0.1) is 31.0 Å². The Hall–Kier alpha value is -2.18. The number of carbonyl (C=O) groups is 1. The van der Waals surface area contributed by atoms with Crippen LogP contribution >= 0.6 is 0 Å². The molecule has 0 spiro atoms. The number of ether oxygens (including phenoxy) is 1. The minimum atomic E-state index is 0.0297. The van der Waals surface area contributed by atoms with Crippen molar-refractivity contribution in [1.29, 1.82) is 0 Å². The van der Waals surface area contributed by atoms with Gasteiger partial charge in [-0.2, -0.15) is 0 Å². The van der Waals surface area contributed by atoms with Crippen LogP contribution in [0.2, 0.25) is 0 Å². The Morgan fingerprint density at radius 1 is 1.23 bits per heavy atom. The molecule has 0 N–H and O–H groups in total. The van der Waals surface area contributed by atoms with Crippen molar-refractivity contribution in [3.05, 3.63) is 52.9 Å². The van der Waals surface area contributed by atoms with Crippen LogP contribution in [-0.4, -0.2) is 59.8 Å². The maximum Gasteiger partial charge on any atom is 0.259 e. The van der Waals surface area contributed by atoms with Crippen molar-refractivity contribution in [1.82, 2.24) is 15.0 Å². The van der Waals surface area contributed by atoms with E-state index < -0.39 is 0 Å². The normalized spacial score (nSPS) is 23.7. The molecule has 2 saturated heterocycles. The quantitative estimate of drug-likeness (QED) is 0.846. The molecule has 0 aliphatic carbocycles. The molecule has 4 rings (SSSR count). The van der Waals surface area contributed by atoms with E-state index in [1.165, 1.54) is 5.56 Å². The third kappa shape index (κ3) is 3.04. The van der Waals surface area contributed by atoms with Crippen molar-refractivity contribution in [2.75, 3.05) is 32.8 Å². The highest BCUT2D eigenvalue weighted by molar-refractivity contribution is 5.96. The molecular weight excluding hydrogens is 330 g/mol. The molecule has 2 atom stereocenters. The third-order valence-corrected chi connectivity index (χ3v) is 5.47. The van der Waals surface area contributed by atoms with E-state index in [0.29, 0.717) is 44.0 Å². The van der Waals surface area contributed by atoms with Gasteiger partial charge in [-0.25, -0.2) is 0 Å². The van der Waals surface area contributed by atoms with Crippen LogP contribution in [0.3, 0.4) is 0 Å². The van der Waals surface area contributed by atoms with Crippen LogP contribution in [0.15, 0.2) is 34.9 Å². The second kappa shape index (κ2) is 7.21. The molecule has 1 aromatic carbocycles. The van der Waals surface area contributed by atoms with Gasteiger partial charge in [-0.05, 0) is 18.9 Å². The van der Waals surface area contributed by atoms with Crippen LogP contribution in [0, 0.1) is 6.92 Å². The zero-order chi connectivity index (χ0) is 18.1. The Bertz CT molecular complexity index is 774. The van der Waals surface area contributed by atoms with E-state index in [1.807, 2.05) is 24.8 Å². The Balaban J connectivity index is 1.51. The maximum atomic E-state index is 13.1. The number of hydrogen-bond donors (Lipinski definition) is 0. The molecule has 2 fully saturated rings. The molecule has 6 heteroatoms. The number of hydrogen-bond acceptors (Lipinski definition) is 5. The van der Waals surface area contributed by atoms with E-state index >= 15 is 0 Å². The Labute approximate surface area is 153 Å². The number of fused-ring (bicyclic) bond motifs is 1. The van der Waals surface area contributed by atoms with Crippen molar-refractivity contribution in [3.8, 4) is 0 Å². The van der Waals surface area contributed by atoms with E-state index in [1.54, 1.807) is 0 Å². The summed E-state index contributed by atoms with van der Waals surface area (Å²) >= 11 is 0. The summed E-state index contributed by atoms with van der Waals surface area (Å²) in [6.07, 6.45) is 0.695. The van der Waals surface area contributed by atoms with Gasteiger partial charge in [-0.3, -0.25) is 9.69 Å². The van der Waals surface area contributed by atoms with Gasteiger partial charge in [-0.1, -0.05) is 42.4 Å². The molecule has 1 amide bonds. The smallest absolute Gasteiger partial charge is 0.259 e. The highest BCUT2D eigenvalue weighted by atomic mass is 16.5. The molecule has 0 radical (unpaired) electrons. The second-order valence-corrected chi connectivity index (χ2v) is 7.02.